The zero-order chi connectivity index (χ0) is 16.1. The molecule has 0 bridgehead atoms. The molecule has 1 aromatic heterocycles. The van der Waals surface area contributed by atoms with E-state index in [-0.39, 0.29) is 12.0 Å². The fraction of sp³-hybridized carbons (Fsp3) is 0.412. The van der Waals surface area contributed by atoms with E-state index in [9.17, 15) is 4.79 Å². The molecule has 1 N–H and O–H groups in total. The summed E-state index contributed by atoms with van der Waals surface area (Å²) in [5.41, 5.74) is 1.41. The minimum atomic E-state index is -0.149. The minimum Gasteiger partial charge on any atom is -0.494 e. The van der Waals surface area contributed by atoms with Gasteiger partial charge in [-0.1, -0.05) is 12.1 Å². The Bertz CT molecular complexity index is 665. The first kappa shape index (κ1) is 16.0. The van der Waals surface area contributed by atoms with Crippen molar-refractivity contribution in [3.8, 4) is 16.3 Å². The highest BCUT2D eigenvalue weighted by molar-refractivity contribution is 7.13. The summed E-state index contributed by atoms with van der Waals surface area (Å²) in [5, 5.41) is 5.49. The first-order valence-electron chi connectivity index (χ1n) is 7.85. The van der Waals surface area contributed by atoms with E-state index in [1.54, 1.807) is 5.38 Å². The van der Waals surface area contributed by atoms with Crippen LogP contribution in [0.5, 0.6) is 5.75 Å². The number of carbonyl (C=O) groups excluding carboxylic acids is 1. The van der Waals surface area contributed by atoms with E-state index in [1.807, 2.05) is 31.2 Å². The normalized spacial score (nSPS) is 17.2. The van der Waals surface area contributed by atoms with Crippen LogP contribution in [-0.4, -0.2) is 36.8 Å². The van der Waals surface area contributed by atoms with Crippen molar-refractivity contribution in [2.45, 2.75) is 25.9 Å². The molecule has 2 heterocycles. The lowest BCUT2D eigenvalue weighted by Gasteiger charge is -2.09. The summed E-state index contributed by atoms with van der Waals surface area (Å²) >= 11 is 1.46. The second-order valence-electron chi connectivity index (χ2n) is 5.34. The van der Waals surface area contributed by atoms with Gasteiger partial charge in [0, 0.05) is 24.1 Å². The Hall–Kier alpha value is -1.92. The van der Waals surface area contributed by atoms with Crippen molar-refractivity contribution in [1.29, 1.82) is 0 Å². The van der Waals surface area contributed by atoms with E-state index in [0.29, 0.717) is 18.8 Å². The van der Waals surface area contributed by atoms with Crippen LogP contribution in [0.15, 0.2) is 29.6 Å². The Balaban J connectivity index is 1.64. The van der Waals surface area contributed by atoms with Crippen LogP contribution in [0.1, 0.15) is 30.3 Å². The molecule has 5 nitrogen and oxygen atoms in total. The van der Waals surface area contributed by atoms with Crippen LogP contribution in [0.3, 0.4) is 0 Å². The zero-order valence-electron chi connectivity index (χ0n) is 13.1. The highest BCUT2D eigenvalue weighted by Gasteiger charge is 2.18. The lowest BCUT2D eigenvalue weighted by atomic mass is 10.2. The minimum absolute atomic E-state index is 0.139. The van der Waals surface area contributed by atoms with Crippen LogP contribution >= 0.6 is 11.3 Å². The molecule has 23 heavy (non-hydrogen) atoms. The number of ether oxygens (including phenoxy) is 2. The standard InChI is InChI=1S/C17H20N2O3S/c1-2-21-13-6-3-5-12(9-13)17-19-15(11-23-17)16(20)18-10-14-7-4-8-22-14/h3,5-6,9,11,14H,2,4,7-8,10H2,1H3,(H,18,20)/t14-/m0/s1. The number of rotatable bonds is 6. The molecule has 122 valence electrons. The first-order valence-corrected chi connectivity index (χ1v) is 8.73. The van der Waals surface area contributed by atoms with Crippen molar-refractivity contribution >= 4 is 17.2 Å². The van der Waals surface area contributed by atoms with Crippen LogP contribution in [0.2, 0.25) is 0 Å². The van der Waals surface area contributed by atoms with Gasteiger partial charge >= 0.3 is 0 Å². The Morgan fingerprint density at radius 3 is 3.22 bits per heavy atom. The van der Waals surface area contributed by atoms with Crippen molar-refractivity contribution in [1.82, 2.24) is 10.3 Å². The van der Waals surface area contributed by atoms with Crippen molar-refractivity contribution in [3.05, 3.63) is 35.3 Å². The molecule has 6 heteroatoms. The monoisotopic (exact) mass is 332 g/mol. The zero-order valence-corrected chi connectivity index (χ0v) is 13.9. The van der Waals surface area contributed by atoms with E-state index in [2.05, 4.69) is 10.3 Å². The Kier molecular flexibility index (Phi) is 5.25. The molecule has 1 saturated heterocycles. The molecule has 2 aromatic rings. The second kappa shape index (κ2) is 7.57. The third kappa shape index (κ3) is 4.09. The topological polar surface area (TPSA) is 60.5 Å². The maximum Gasteiger partial charge on any atom is 0.270 e. The lowest BCUT2D eigenvalue weighted by Crippen LogP contribution is -2.31. The lowest BCUT2D eigenvalue weighted by molar-refractivity contribution is 0.0854. The van der Waals surface area contributed by atoms with E-state index in [0.717, 1.165) is 35.8 Å². The molecule has 1 fully saturated rings. The summed E-state index contributed by atoms with van der Waals surface area (Å²) in [6.45, 7) is 3.91. The number of amides is 1. The predicted molar refractivity (Wildman–Crippen MR) is 90.0 cm³/mol. The van der Waals surface area contributed by atoms with Gasteiger partial charge in [-0.05, 0) is 31.9 Å². The van der Waals surface area contributed by atoms with Gasteiger partial charge in [-0.15, -0.1) is 11.3 Å². The molecule has 0 aliphatic carbocycles. The summed E-state index contributed by atoms with van der Waals surface area (Å²) in [7, 11) is 0. The molecule has 0 radical (unpaired) electrons. The number of carbonyl (C=O) groups is 1. The van der Waals surface area contributed by atoms with E-state index in [4.69, 9.17) is 9.47 Å². The number of hydrogen-bond donors (Lipinski definition) is 1. The number of aromatic nitrogens is 1. The van der Waals surface area contributed by atoms with Gasteiger partial charge in [0.2, 0.25) is 0 Å². The molecule has 1 aliphatic heterocycles. The van der Waals surface area contributed by atoms with Gasteiger partial charge in [-0.3, -0.25) is 4.79 Å². The van der Waals surface area contributed by atoms with Crippen molar-refractivity contribution < 1.29 is 14.3 Å². The summed E-state index contributed by atoms with van der Waals surface area (Å²) in [6, 6.07) is 7.75. The third-order valence-corrected chi connectivity index (χ3v) is 4.53. The fourth-order valence-corrected chi connectivity index (χ4v) is 3.30. The SMILES string of the molecule is CCOc1cccc(-c2nc(C(=O)NC[C@@H]3CCCO3)cs2)c1. The van der Waals surface area contributed by atoms with Gasteiger partial charge in [0.15, 0.2) is 0 Å². The van der Waals surface area contributed by atoms with Gasteiger partial charge in [0.1, 0.15) is 16.5 Å². The smallest absolute Gasteiger partial charge is 0.270 e. The summed E-state index contributed by atoms with van der Waals surface area (Å²) < 4.78 is 11.0. The van der Waals surface area contributed by atoms with E-state index < -0.39 is 0 Å². The Labute approximate surface area is 139 Å². The number of nitrogens with one attached hydrogen (secondary N) is 1. The average Bonchev–Trinajstić information content (AvgIpc) is 3.25. The van der Waals surface area contributed by atoms with E-state index >= 15 is 0 Å². The summed E-state index contributed by atoms with van der Waals surface area (Å²) in [4.78, 5) is 16.6. The Morgan fingerprint density at radius 1 is 1.52 bits per heavy atom. The van der Waals surface area contributed by atoms with Crippen molar-refractivity contribution in [2.75, 3.05) is 19.8 Å². The molecule has 0 spiro atoms. The highest BCUT2D eigenvalue weighted by Crippen LogP contribution is 2.27. The van der Waals surface area contributed by atoms with Crippen LogP contribution in [-0.2, 0) is 4.74 Å². The van der Waals surface area contributed by atoms with Crippen LogP contribution < -0.4 is 10.1 Å². The maximum absolute atomic E-state index is 12.2. The van der Waals surface area contributed by atoms with Gasteiger partial charge in [-0.2, -0.15) is 0 Å². The molecule has 1 amide bonds. The van der Waals surface area contributed by atoms with Gasteiger partial charge < -0.3 is 14.8 Å². The average molecular weight is 332 g/mol. The van der Waals surface area contributed by atoms with Gasteiger partial charge in [-0.25, -0.2) is 4.98 Å². The van der Waals surface area contributed by atoms with Crippen molar-refractivity contribution in [2.24, 2.45) is 0 Å². The molecular weight excluding hydrogens is 312 g/mol. The summed E-state index contributed by atoms with van der Waals surface area (Å²) in [5.74, 6) is 0.661. The van der Waals surface area contributed by atoms with Crippen LogP contribution in [0.4, 0.5) is 0 Å². The molecule has 0 saturated carbocycles. The number of hydrogen-bond acceptors (Lipinski definition) is 5. The predicted octanol–water partition coefficient (Wildman–Crippen LogP) is 3.12. The quantitative estimate of drug-likeness (QED) is 0.883. The highest BCUT2D eigenvalue weighted by atomic mass is 32.1. The van der Waals surface area contributed by atoms with Crippen molar-refractivity contribution in [3.63, 3.8) is 0 Å². The second-order valence-corrected chi connectivity index (χ2v) is 6.20. The molecule has 0 unspecified atom stereocenters. The third-order valence-electron chi connectivity index (χ3n) is 3.64. The summed E-state index contributed by atoms with van der Waals surface area (Å²) in [6.07, 6.45) is 2.21. The number of benzene rings is 1. The molecule has 3 rings (SSSR count). The van der Waals surface area contributed by atoms with Crippen LogP contribution in [0, 0.1) is 0 Å². The first-order chi connectivity index (χ1) is 11.3. The van der Waals surface area contributed by atoms with Gasteiger partial charge in [0.05, 0.1) is 12.7 Å². The molecule has 1 aromatic carbocycles. The largest absolute Gasteiger partial charge is 0.494 e. The fourth-order valence-electron chi connectivity index (χ4n) is 2.50. The van der Waals surface area contributed by atoms with Gasteiger partial charge in [0.25, 0.3) is 5.91 Å². The molecule has 1 atom stereocenters. The Morgan fingerprint density at radius 2 is 2.43 bits per heavy atom. The molecular formula is C17H20N2O3S. The number of thiazole rings is 1. The van der Waals surface area contributed by atoms with E-state index in [1.165, 1.54) is 11.3 Å². The number of nitrogens with zero attached hydrogens (tertiary/aromatic N) is 1. The maximum atomic E-state index is 12.2. The molecule has 1 aliphatic rings. The van der Waals surface area contributed by atoms with Crippen LogP contribution in [0.25, 0.3) is 10.6 Å².